The minimum atomic E-state index is -1.20. The number of ether oxygens (including phenoxy) is 1. The average molecular weight is 367 g/mol. The minimum absolute atomic E-state index is 0.0993. The van der Waals surface area contributed by atoms with Crippen LogP contribution in [-0.2, 0) is 22.5 Å². The van der Waals surface area contributed by atoms with Gasteiger partial charge < -0.3 is 20.5 Å². The molecule has 1 aliphatic carbocycles. The van der Waals surface area contributed by atoms with Gasteiger partial charge in [0.2, 0.25) is 5.91 Å². The summed E-state index contributed by atoms with van der Waals surface area (Å²) in [6, 6.07) is 0.269. The molecule has 0 aliphatic heterocycles. The van der Waals surface area contributed by atoms with Crippen molar-refractivity contribution in [2.45, 2.75) is 64.6 Å². The molecule has 0 spiro atoms. The molecule has 3 N–H and O–H groups in total. The monoisotopic (exact) mass is 367 g/mol. The van der Waals surface area contributed by atoms with Gasteiger partial charge in [-0.15, -0.1) is 5.10 Å². The van der Waals surface area contributed by atoms with E-state index < -0.39 is 17.7 Å². The fraction of sp³-hybridized carbons (Fsp3) is 0.688. The van der Waals surface area contributed by atoms with E-state index in [2.05, 4.69) is 20.9 Å². The van der Waals surface area contributed by atoms with E-state index in [9.17, 15) is 19.5 Å². The van der Waals surface area contributed by atoms with E-state index in [0.717, 1.165) is 12.8 Å². The molecular formula is C16H25N5O5. The number of nitrogens with one attached hydrogen (secondary N) is 2. The number of carbonyl (C=O) groups is 3. The van der Waals surface area contributed by atoms with E-state index >= 15 is 0 Å². The summed E-state index contributed by atoms with van der Waals surface area (Å²) in [7, 11) is 0. The Balaban J connectivity index is 1.91. The second kappa shape index (κ2) is 8.15. The summed E-state index contributed by atoms with van der Waals surface area (Å²) in [6.07, 6.45) is 1.81. The first-order valence-corrected chi connectivity index (χ1v) is 8.57. The summed E-state index contributed by atoms with van der Waals surface area (Å²) in [4.78, 5) is 34.8. The standard InChI is InChI=1S/C16H25N5O5/c1-16(2,3)26-15(25)17-8-6-11-13(14(23)24)19-20-21(11)9-7-12(22)18-10-4-5-10/h10H,4-9H2,1-3H3,(H,17,25)(H,18,22)(H,23,24). The number of alkyl carbamates (subject to hydrolysis) is 1. The largest absolute Gasteiger partial charge is 0.476 e. The maximum Gasteiger partial charge on any atom is 0.407 e. The Hall–Kier alpha value is -2.65. The molecule has 1 aliphatic rings. The molecular weight excluding hydrogens is 342 g/mol. The number of aryl methyl sites for hydroxylation is 1. The summed E-state index contributed by atoms with van der Waals surface area (Å²) in [6.45, 7) is 5.64. The number of aromatic carboxylic acids is 1. The highest BCUT2D eigenvalue weighted by atomic mass is 16.6. The number of rotatable bonds is 8. The van der Waals surface area contributed by atoms with Crippen LogP contribution < -0.4 is 10.6 Å². The van der Waals surface area contributed by atoms with E-state index in [4.69, 9.17) is 4.74 Å². The van der Waals surface area contributed by atoms with Gasteiger partial charge in [0.15, 0.2) is 5.69 Å². The first-order valence-electron chi connectivity index (χ1n) is 8.57. The number of carbonyl (C=O) groups excluding carboxylic acids is 2. The van der Waals surface area contributed by atoms with E-state index in [0.29, 0.717) is 5.69 Å². The third-order valence-electron chi connectivity index (χ3n) is 3.56. The predicted octanol–water partition coefficient (Wildman–Crippen LogP) is 0.712. The molecule has 0 aromatic carbocycles. The van der Waals surface area contributed by atoms with Crippen LogP contribution in [-0.4, -0.2) is 56.3 Å². The van der Waals surface area contributed by atoms with Gasteiger partial charge in [-0.2, -0.15) is 0 Å². The maximum absolute atomic E-state index is 11.8. The first-order chi connectivity index (χ1) is 12.2. The summed E-state index contributed by atoms with van der Waals surface area (Å²) in [5.41, 5.74) is -0.444. The first kappa shape index (κ1) is 19.7. The van der Waals surface area contributed by atoms with E-state index in [1.807, 2.05) is 0 Å². The number of aromatic nitrogens is 3. The third kappa shape index (κ3) is 6.34. The van der Waals surface area contributed by atoms with Crippen LogP contribution in [0.5, 0.6) is 0 Å². The molecule has 0 bridgehead atoms. The van der Waals surface area contributed by atoms with Crippen LogP contribution in [0.15, 0.2) is 0 Å². The van der Waals surface area contributed by atoms with Gasteiger partial charge in [0.25, 0.3) is 0 Å². The highest BCUT2D eigenvalue weighted by molar-refractivity contribution is 5.86. The number of hydrogen-bond acceptors (Lipinski definition) is 6. The van der Waals surface area contributed by atoms with Crippen molar-refractivity contribution in [2.24, 2.45) is 0 Å². The molecule has 0 unspecified atom stereocenters. The van der Waals surface area contributed by atoms with Gasteiger partial charge in [0.1, 0.15) is 5.60 Å². The van der Waals surface area contributed by atoms with Crippen LogP contribution in [0.3, 0.4) is 0 Å². The fourth-order valence-corrected chi connectivity index (χ4v) is 2.26. The Bertz CT molecular complexity index is 675. The van der Waals surface area contributed by atoms with Crippen molar-refractivity contribution in [1.82, 2.24) is 25.6 Å². The molecule has 2 amide bonds. The predicted molar refractivity (Wildman–Crippen MR) is 90.7 cm³/mol. The Morgan fingerprint density at radius 2 is 2.00 bits per heavy atom. The molecule has 0 radical (unpaired) electrons. The lowest BCUT2D eigenvalue weighted by Crippen LogP contribution is -2.34. The Labute approximate surface area is 151 Å². The second-order valence-corrected chi connectivity index (χ2v) is 7.18. The molecule has 1 heterocycles. The Morgan fingerprint density at radius 1 is 1.31 bits per heavy atom. The number of amides is 2. The third-order valence-corrected chi connectivity index (χ3v) is 3.56. The highest BCUT2D eigenvalue weighted by Gasteiger charge is 2.24. The number of carboxylic acid groups (broad SMARTS) is 1. The van der Waals surface area contributed by atoms with Crippen molar-refractivity contribution in [3.8, 4) is 0 Å². The second-order valence-electron chi connectivity index (χ2n) is 7.18. The Morgan fingerprint density at radius 3 is 2.58 bits per heavy atom. The lowest BCUT2D eigenvalue weighted by Gasteiger charge is -2.19. The maximum atomic E-state index is 11.8. The zero-order valence-electron chi connectivity index (χ0n) is 15.2. The van der Waals surface area contributed by atoms with Crippen LogP contribution in [0.1, 0.15) is 56.2 Å². The molecule has 26 heavy (non-hydrogen) atoms. The summed E-state index contributed by atoms with van der Waals surface area (Å²) >= 11 is 0. The lowest BCUT2D eigenvalue weighted by atomic mass is 10.2. The van der Waals surface area contributed by atoms with Crippen molar-refractivity contribution in [3.05, 3.63) is 11.4 Å². The summed E-state index contributed by atoms with van der Waals surface area (Å²) in [5, 5.41) is 22.2. The molecule has 0 saturated heterocycles. The molecule has 10 nitrogen and oxygen atoms in total. The van der Waals surface area contributed by atoms with Crippen molar-refractivity contribution in [1.29, 1.82) is 0 Å². The summed E-state index contributed by atoms with van der Waals surface area (Å²) in [5.74, 6) is -1.30. The van der Waals surface area contributed by atoms with Gasteiger partial charge in [-0.25, -0.2) is 14.3 Å². The molecule has 1 aromatic rings. The van der Waals surface area contributed by atoms with Crippen molar-refractivity contribution in [2.75, 3.05) is 6.54 Å². The SMILES string of the molecule is CC(C)(C)OC(=O)NCCc1c(C(=O)O)nnn1CCC(=O)NC1CC1. The van der Waals surface area contributed by atoms with Gasteiger partial charge in [0, 0.05) is 25.4 Å². The van der Waals surface area contributed by atoms with E-state index in [-0.39, 0.29) is 43.6 Å². The molecule has 1 fully saturated rings. The molecule has 1 aromatic heterocycles. The topological polar surface area (TPSA) is 135 Å². The lowest BCUT2D eigenvalue weighted by molar-refractivity contribution is -0.121. The van der Waals surface area contributed by atoms with Crippen molar-refractivity contribution >= 4 is 18.0 Å². The van der Waals surface area contributed by atoms with Gasteiger partial charge in [-0.1, -0.05) is 5.21 Å². The van der Waals surface area contributed by atoms with Gasteiger partial charge >= 0.3 is 12.1 Å². The molecule has 10 heteroatoms. The zero-order chi connectivity index (χ0) is 19.3. The highest BCUT2D eigenvalue weighted by Crippen LogP contribution is 2.18. The van der Waals surface area contributed by atoms with Gasteiger partial charge in [-0.3, -0.25) is 4.79 Å². The van der Waals surface area contributed by atoms with Gasteiger partial charge in [-0.05, 0) is 33.6 Å². The number of carboxylic acids is 1. The summed E-state index contributed by atoms with van der Waals surface area (Å²) < 4.78 is 6.53. The number of hydrogen-bond donors (Lipinski definition) is 3. The van der Waals surface area contributed by atoms with Crippen LogP contribution in [0.4, 0.5) is 4.79 Å². The van der Waals surface area contributed by atoms with Crippen LogP contribution in [0.25, 0.3) is 0 Å². The normalized spacial score (nSPS) is 14.0. The number of nitrogens with zero attached hydrogens (tertiary/aromatic N) is 3. The van der Waals surface area contributed by atoms with Crippen molar-refractivity contribution in [3.63, 3.8) is 0 Å². The van der Waals surface area contributed by atoms with Crippen LogP contribution >= 0.6 is 0 Å². The molecule has 0 atom stereocenters. The molecule has 144 valence electrons. The molecule has 2 rings (SSSR count). The quantitative estimate of drug-likeness (QED) is 0.616. The van der Waals surface area contributed by atoms with Crippen molar-refractivity contribution < 1.29 is 24.2 Å². The van der Waals surface area contributed by atoms with Gasteiger partial charge in [0.05, 0.1) is 12.2 Å². The average Bonchev–Trinajstić information content (AvgIpc) is 3.21. The van der Waals surface area contributed by atoms with E-state index in [1.54, 1.807) is 20.8 Å². The minimum Gasteiger partial charge on any atom is -0.476 e. The Kier molecular flexibility index (Phi) is 6.17. The smallest absolute Gasteiger partial charge is 0.407 e. The van der Waals surface area contributed by atoms with E-state index in [1.165, 1.54) is 4.68 Å². The van der Waals surface area contributed by atoms with Crippen LogP contribution in [0, 0.1) is 0 Å². The van der Waals surface area contributed by atoms with Crippen LogP contribution in [0.2, 0.25) is 0 Å². The molecule has 1 saturated carbocycles. The fourth-order valence-electron chi connectivity index (χ4n) is 2.26. The zero-order valence-corrected chi connectivity index (χ0v) is 15.2.